The highest BCUT2D eigenvalue weighted by Gasteiger charge is 2.22. The Kier molecular flexibility index (Phi) is 7.61. The van der Waals surface area contributed by atoms with Crippen LogP contribution in [-0.2, 0) is 19.1 Å². The lowest BCUT2D eigenvalue weighted by atomic mass is 10.2. The Labute approximate surface area is 158 Å². The van der Waals surface area contributed by atoms with Crippen molar-refractivity contribution in [3.63, 3.8) is 0 Å². The number of esters is 1. The van der Waals surface area contributed by atoms with E-state index in [0.29, 0.717) is 38.5 Å². The molecule has 7 nitrogen and oxygen atoms in total. The molecule has 0 atom stereocenters. The van der Waals surface area contributed by atoms with Crippen LogP contribution in [0.15, 0.2) is 43.0 Å². The second kappa shape index (κ2) is 10.2. The topological polar surface area (TPSA) is 76.2 Å². The highest BCUT2D eigenvalue weighted by atomic mass is 16.5. The first-order chi connectivity index (χ1) is 13.0. The van der Waals surface area contributed by atoms with E-state index < -0.39 is 5.97 Å². The van der Waals surface area contributed by atoms with Gasteiger partial charge in [0.15, 0.2) is 6.61 Å². The van der Waals surface area contributed by atoms with Gasteiger partial charge in [0.05, 0.1) is 0 Å². The van der Waals surface area contributed by atoms with Crippen molar-refractivity contribution in [3.8, 4) is 5.75 Å². The van der Waals surface area contributed by atoms with Gasteiger partial charge in [-0.1, -0.05) is 24.8 Å². The van der Waals surface area contributed by atoms with Crippen LogP contribution in [0.25, 0.3) is 6.08 Å². The molecule has 1 aromatic rings. The molecule has 0 saturated carbocycles. The van der Waals surface area contributed by atoms with E-state index in [1.54, 1.807) is 34.1 Å². The third kappa shape index (κ3) is 6.62. The van der Waals surface area contributed by atoms with Gasteiger partial charge in [-0.25, -0.2) is 4.79 Å². The Morgan fingerprint density at radius 2 is 1.70 bits per heavy atom. The first kappa shape index (κ1) is 20.2. The summed E-state index contributed by atoms with van der Waals surface area (Å²) in [5.74, 6) is -0.134. The molecular weight excluding hydrogens is 348 g/mol. The van der Waals surface area contributed by atoms with E-state index in [-0.39, 0.29) is 18.4 Å². The smallest absolute Gasteiger partial charge is 0.331 e. The zero-order valence-electron chi connectivity index (χ0n) is 15.4. The molecule has 1 fully saturated rings. The van der Waals surface area contributed by atoms with Crippen LogP contribution < -0.4 is 4.74 Å². The van der Waals surface area contributed by atoms with Crippen LogP contribution in [0.4, 0.5) is 0 Å². The van der Waals surface area contributed by atoms with E-state index in [2.05, 4.69) is 6.58 Å². The van der Waals surface area contributed by atoms with E-state index in [9.17, 15) is 14.4 Å². The molecule has 0 spiro atoms. The highest BCUT2D eigenvalue weighted by Crippen LogP contribution is 2.13. The van der Waals surface area contributed by atoms with Crippen LogP contribution in [0, 0.1) is 0 Å². The van der Waals surface area contributed by atoms with Gasteiger partial charge in [-0.3, -0.25) is 9.59 Å². The average molecular weight is 372 g/mol. The van der Waals surface area contributed by atoms with Crippen molar-refractivity contribution >= 4 is 23.9 Å². The van der Waals surface area contributed by atoms with Gasteiger partial charge < -0.3 is 19.3 Å². The van der Waals surface area contributed by atoms with Crippen LogP contribution in [0.3, 0.4) is 0 Å². The number of carbonyl (C=O) groups is 3. The summed E-state index contributed by atoms with van der Waals surface area (Å²) in [5, 5.41) is 0. The number of rotatable bonds is 7. The lowest BCUT2D eigenvalue weighted by Crippen LogP contribution is -2.51. The lowest BCUT2D eigenvalue weighted by molar-refractivity contribution is -0.149. The third-order valence-corrected chi connectivity index (χ3v) is 4.08. The third-order valence-electron chi connectivity index (χ3n) is 4.08. The summed E-state index contributed by atoms with van der Waals surface area (Å²) < 4.78 is 10.4. The molecule has 1 aromatic carbocycles. The maximum Gasteiger partial charge on any atom is 0.331 e. The van der Waals surface area contributed by atoms with Crippen LogP contribution in [0.2, 0.25) is 0 Å². The SMILES string of the molecule is C=CCOc1ccc(/C=C/C(=O)OCC(=O)N2CCN(C(C)=O)CC2)cc1. The molecule has 27 heavy (non-hydrogen) atoms. The molecule has 0 bridgehead atoms. The maximum absolute atomic E-state index is 12.1. The molecule has 0 N–H and O–H groups in total. The van der Waals surface area contributed by atoms with Gasteiger partial charge in [0.25, 0.3) is 5.91 Å². The summed E-state index contributed by atoms with van der Waals surface area (Å²) >= 11 is 0. The first-order valence-corrected chi connectivity index (χ1v) is 8.71. The van der Waals surface area contributed by atoms with Crippen molar-refractivity contribution < 1.29 is 23.9 Å². The maximum atomic E-state index is 12.1. The summed E-state index contributed by atoms with van der Waals surface area (Å²) in [5.41, 5.74) is 0.810. The van der Waals surface area contributed by atoms with Gasteiger partial charge in [0.2, 0.25) is 5.91 Å². The fraction of sp³-hybridized carbons (Fsp3) is 0.350. The molecule has 0 radical (unpaired) electrons. The minimum Gasteiger partial charge on any atom is -0.490 e. The average Bonchev–Trinajstić information content (AvgIpc) is 2.69. The summed E-state index contributed by atoms with van der Waals surface area (Å²) in [4.78, 5) is 38.4. The molecule has 1 saturated heterocycles. The Morgan fingerprint density at radius 3 is 2.30 bits per heavy atom. The fourth-order valence-electron chi connectivity index (χ4n) is 2.54. The molecule has 2 amide bonds. The predicted molar refractivity (Wildman–Crippen MR) is 101 cm³/mol. The minimum absolute atomic E-state index is 0.000959. The van der Waals surface area contributed by atoms with E-state index in [0.717, 1.165) is 5.56 Å². The van der Waals surface area contributed by atoms with Crippen molar-refractivity contribution in [2.24, 2.45) is 0 Å². The number of nitrogens with zero attached hydrogens (tertiary/aromatic N) is 2. The van der Waals surface area contributed by atoms with Gasteiger partial charge in [0, 0.05) is 39.2 Å². The van der Waals surface area contributed by atoms with E-state index >= 15 is 0 Å². The Morgan fingerprint density at radius 1 is 1.07 bits per heavy atom. The molecule has 1 heterocycles. The van der Waals surface area contributed by atoms with Crippen LogP contribution in [-0.4, -0.2) is 67.0 Å². The van der Waals surface area contributed by atoms with E-state index in [1.807, 2.05) is 12.1 Å². The van der Waals surface area contributed by atoms with Crippen LogP contribution in [0.5, 0.6) is 5.75 Å². The zero-order chi connectivity index (χ0) is 19.6. The summed E-state index contributed by atoms with van der Waals surface area (Å²) in [6.07, 6.45) is 4.55. The Bertz CT molecular complexity index is 704. The number of benzene rings is 1. The molecule has 0 aliphatic carbocycles. The Balaban J connectivity index is 1.73. The summed E-state index contributed by atoms with van der Waals surface area (Å²) in [6.45, 7) is 7.11. The molecule has 144 valence electrons. The molecule has 1 aliphatic rings. The van der Waals surface area contributed by atoms with Gasteiger partial charge in [0.1, 0.15) is 12.4 Å². The molecule has 0 aromatic heterocycles. The van der Waals surface area contributed by atoms with Gasteiger partial charge in [-0.05, 0) is 23.8 Å². The van der Waals surface area contributed by atoms with Crippen molar-refractivity contribution in [1.29, 1.82) is 0 Å². The van der Waals surface area contributed by atoms with Crippen molar-refractivity contribution in [2.75, 3.05) is 39.4 Å². The van der Waals surface area contributed by atoms with Gasteiger partial charge >= 0.3 is 5.97 Å². The van der Waals surface area contributed by atoms with Crippen molar-refractivity contribution in [1.82, 2.24) is 9.80 Å². The first-order valence-electron chi connectivity index (χ1n) is 8.71. The number of hydrogen-bond donors (Lipinski definition) is 0. The number of ether oxygens (including phenoxy) is 2. The van der Waals surface area contributed by atoms with E-state index in [4.69, 9.17) is 9.47 Å². The standard InChI is InChI=1S/C20H24N2O5/c1-3-14-26-18-7-4-17(5-8-18)6-9-20(25)27-15-19(24)22-12-10-21(11-13-22)16(2)23/h3-9H,1,10-15H2,2H3/b9-6+. The number of carbonyl (C=O) groups excluding carboxylic acids is 3. The number of amides is 2. The van der Waals surface area contributed by atoms with Crippen molar-refractivity contribution in [3.05, 3.63) is 48.6 Å². The second-order valence-electron chi connectivity index (χ2n) is 6.00. The highest BCUT2D eigenvalue weighted by molar-refractivity contribution is 5.89. The minimum atomic E-state index is -0.585. The molecule has 7 heteroatoms. The predicted octanol–water partition coefficient (Wildman–Crippen LogP) is 1.50. The molecular formula is C20H24N2O5. The van der Waals surface area contributed by atoms with E-state index in [1.165, 1.54) is 13.0 Å². The normalized spacial score (nSPS) is 14.1. The largest absolute Gasteiger partial charge is 0.490 e. The number of piperazine rings is 1. The molecule has 0 unspecified atom stereocenters. The summed E-state index contributed by atoms with van der Waals surface area (Å²) in [7, 11) is 0. The quantitative estimate of drug-likeness (QED) is 0.412. The molecule has 1 aliphatic heterocycles. The number of hydrogen-bond acceptors (Lipinski definition) is 5. The van der Waals surface area contributed by atoms with Gasteiger partial charge in [-0.2, -0.15) is 0 Å². The van der Waals surface area contributed by atoms with Gasteiger partial charge in [-0.15, -0.1) is 0 Å². The summed E-state index contributed by atoms with van der Waals surface area (Å²) in [6, 6.07) is 7.20. The monoisotopic (exact) mass is 372 g/mol. The van der Waals surface area contributed by atoms with Crippen molar-refractivity contribution in [2.45, 2.75) is 6.92 Å². The lowest BCUT2D eigenvalue weighted by Gasteiger charge is -2.34. The van der Waals surface area contributed by atoms with Crippen LogP contribution >= 0.6 is 0 Å². The zero-order valence-corrected chi connectivity index (χ0v) is 15.4. The Hall–Kier alpha value is -3.09. The fourth-order valence-corrected chi connectivity index (χ4v) is 2.54. The van der Waals surface area contributed by atoms with Crippen LogP contribution in [0.1, 0.15) is 12.5 Å². The second-order valence-corrected chi connectivity index (χ2v) is 6.00. The molecule has 2 rings (SSSR count).